The standard InChI is InChI=1S/C11H15NO6S/c13-8(5-9(14)15)10(16)12-19(17,18)11(3-4-11)6-7-1-2-7/h5,7,13H,1-4,6H2,(H,12,16)(H,14,15)/b8-5-. The van der Waals surface area contributed by atoms with Crippen molar-refractivity contribution in [2.75, 3.05) is 0 Å². The van der Waals surface area contributed by atoms with Gasteiger partial charge in [-0.25, -0.2) is 17.9 Å². The molecule has 0 atom stereocenters. The van der Waals surface area contributed by atoms with Crippen LogP contribution in [-0.2, 0) is 19.6 Å². The first-order valence-electron chi connectivity index (χ1n) is 5.96. The Balaban J connectivity index is 2.05. The number of carbonyl (C=O) groups is 2. The number of carboxylic acid groups (broad SMARTS) is 1. The van der Waals surface area contributed by atoms with Crippen LogP contribution >= 0.6 is 0 Å². The van der Waals surface area contributed by atoms with Crippen LogP contribution in [0, 0.1) is 5.92 Å². The highest BCUT2D eigenvalue weighted by molar-refractivity contribution is 7.91. The van der Waals surface area contributed by atoms with Crippen LogP contribution in [0.25, 0.3) is 0 Å². The minimum Gasteiger partial charge on any atom is -0.503 e. The van der Waals surface area contributed by atoms with Crippen molar-refractivity contribution >= 4 is 21.9 Å². The number of aliphatic hydroxyl groups is 1. The Labute approximate surface area is 110 Å². The molecule has 106 valence electrons. The number of hydrogen-bond acceptors (Lipinski definition) is 5. The Morgan fingerprint density at radius 2 is 1.84 bits per heavy atom. The van der Waals surface area contributed by atoms with Gasteiger partial charge in [0.2, 0.25) is 10.0 Å². The summed E-state index contributed by atoms with van der Waals surface area (Å²) in [6.45, 7) is 0. The Morgan fingerprint density at radius 3 is 2.26 bits per heavy atom. The van der Waals surface area contributed by atoms with Crippen LogP contribution in [0.3, 0.4) is 0 Å². The highest BCUT2D eigenvalue weighted by atomic mass is 32.2. The molecule has 19 heavy (non-hydrogen) atoms. The van der Waals surface area contributed by atoms with E-state index in [1.54, 1.807) is 4.72 Å². The summed E-state index contributed by atoms with van der Waals surface area (Å²) in [6, 6.07) is 0. The molecule has 0 aromatic carbocycles. The number of hydrogen-bond donors (Lipinski definition) is 3. The number of carbonyl (C=O) groups excluding carboxylic acids is 1. The highest BCUT2D eigenvalue weighted by Gasteiger charge is 2.57. The van der Waals surface area contributed by atoms with Crippen LogP contribution in [0.2, 0.25) is 0 Å². The van der Waals surface area contributed by atoms with E-state index in [4.69, 9.17) is 10.2 Å². The molecular weight excluding hydrogens is 274 g/mol. The van der Waals surface area contributed by atoms with Gasteiger partial charge in [-0.05, 0) is 25.2 Å². The van der Waals surface area contributed by atoms with E-state index >= 15 is 0 Å². The predicted octanol–water partition coefficient (Wildman–Crippen LogP) is 0.292. The fourth-order valence-electron chi connectivity index (χ4n) is 2.04. The zero-order chi connectivity index (χ0) is 14.3. The largest absolute Gasteiger partial charge is 0.503 e. The van der Waals surface area contributed by atoms with E-state index in [0.717, 1.165) is 12.8 Å². The van der Waals surface area contributed by atoms with Gasteiger partial charge in [0, 0.05) is 0 Å². The van der Waals surface area contributed by atoms with Crippen molar-refractivity contribution in [2.24, 2.45) is 5.92 Å². The molecule has 2 rings (SSSR count). The molecule has 3 N–H and O–H groups in total. The fourth-order valence-corrected chi connectivity index (χ4v) is 3.69. The van der Waals surface area contributed by atoms with Gasteiger partial charge in [-0.2, -0.15) is 0 Å². The molecule has 0 spiro atoms. The van der Waals surface area contributed by atoms with Gasteiger partial charge in [-0.1, -0.05) is 12.8 Å². The van der Waals surface area contributed by atoms with Crippen LogP contribution in [0.1, 0.15) is 32.1 Å². The van der Waals surface area contributed by atoms with E-state index in [0.29, 0.717) is 25.2 Å². The Hall–Kier alpha value is -1.57. The van der Waals surface area contributed by atoms with Crippen molar-refractivity contribution in [3.63, 3.8) is 0 Å². The summed E-state index contributed by atoms with van der Waals surface area (Å²) < 4.78 is 25.0. The van der Waals surface area contributed by atoms with E-state index < -0.39 is 32.4 Å². The number of amides is 1. The Bertz CT molecular complexity index is 542. The molecule has 0 aromatic rings. The summed E-state index contributed by atoms with van der Waals surface area (Å²) in [5.74, 6) is -3.55. The van der Waals surface area contributed by atoms with Crippen molar-refractivity contribution in [3.8, 4) is 0 Å². The van der Waals surface area contributed by atoms with Crippen LogP contribution in [0.5, 0.6) is 0 Å². The molecule has 0 bridgehead atoms. The van der Waals surface area contributed by atoms with Crippen LogP contribution < -0.4 is 4.72 Å². The topological polar surface area (TPSA) is 121 Å². The summed E-state index contributed by atoms with van der Waals surface area (Å²) in [6.07, 6.45) is 3.79. The monoisotopic (exact) mass is 289 g/mol. The first kappa shape index (κ1) is 13.9. The van der Waals surface area contributed by atoms with Gasteiger partial charge in [0.25, 0.3) is 5.91 Å². The molecule has 2 aliphatic carbocycles. The normalized spacial score (nSPS) is 21.8. The zero-order valence-electron chi connectivity index (χ0n) is 10.1. The second-order valence-electron chi connectivity index (χ2n) is 5.13. The molecular formula is C11H15NO6S. The second-order valence-corrected chi connectivity index (χ2v) is 7.21. The van der Waals surface area contributed by atoms with Crippen molar-refractivity contribution in [1.29, 1.82) is 0 Å². The lowest BCUT2D eigenvalue weighted by atomic mass is 10.2. The van der Waals surface area contributed by atoms with Crippen molar-refractivity contribution < 1.29 is 28.2 Å². The van der Waals surface area contributed by atoms with Gasteiger partial charge >= 0.3 is 5.97 Å². The molecule has 0 aliphatic heterocycles. The number of nitrogens with one attached hydrogen (secondary N) is 1. The quantitative estimate of drug-likeness (QED) is 0.477. The smallest absolute Gasteiger partial charge is 0.332 e. The van der Waals surface area contributed by atoms with Crippen molar-refractivity contribution in [3.05, 3.63) is 11.8 Å². The van der Waals surface area contributed by atoms with Gasteiger partial charge in [-0.3, -0.25) is 4.79 Å². The van der Waals surface area contributed by atoms with Gasteiger partial charge in [0.1, 0.15) is 0 Å². The van der Waals surface area contributed by atoms with E-state index in [1.807, 2.05) is 0 Å². The SMILES string of the molecule is O=C(O)/C=C(\O)C(=O)NS(=O)(=O)C1(CC2CC2)CC1. The number of aliphatic carboxylic acids is 1. The van der Waals surface area contributed by atoms with E-state index in [1.165, 1.54) is 0 Å². The molecule has 1 amide bonds. The first-order chi connectivity index (χ1) is 8.76. The summed E-state index contributed by atoms with van der Waals surface area (Å²) in [5, 5.41) is 17.5. The maximum absolute atomic E-state index is 12.1. The number of rotatable bonds is 6. The molecule has 2 aliphatic rings. The highest BCUT2D eigenvalue weighted by Crippen LogP contribution is 2.52. The second kappa shape index (κ2) is 4.52. The Kier molecular flexibility index (Phi) is 3.29. The van der Waals surface area contributed by atoms with Crippen molar-refractivity contribution in [1.82, 2.24) is 4.72 Å². The van der Waals surface area contributed by atoms with E-state index in [-0.39, 0.29) is 6.08 Å². The third-order valence-electron chi connectivity index (χ3n) is 3.46. The van der Waals surface area contributed by atoms with Gasteiger partial charge in [-0.15, -0.1) is 0 Å². The molecule has 2 fully saturated rings. The minimum absolute atomic E-state index is 0.255. The first-order valence-corrected chi connectivity index (χ1v) is 7.44. The van der Waals surface area contributed by atoms with E-state index in [2.05, 4.69) is 0 Å². The summed E-state index contributed by atoms with van der Waals surface area (Å²) in [5.41, 5.74) is 0. The zero-order valence-corrected chi connectivity index (χ0v) is 10.9. The molecule has 0 unspecified atom stereocenters. The molecule has 8 heteroatoms. The van der Waals surface area contributed by atoms with Crippen LogP contribution in [-0.4, -0.2) is 35.3 Å². The maximum atomic E-state index is 12.1. The minimum atomic E-state index is -3.88. The van der Waals surface area contributed by atoms with E-state index in [9.17, 15) is 18.0 Å². The third-order valence-corrected chi connectivity index (χ3v) is 5.62. The molecule has 0 aromatic heterocycles. The average Bonchev–Trinajstić information content (AvgIpc) is 3.13. The molecule has 0 radical (unpaired) electrons. The van der Waals surface area contributed by atoms with Crippen molar-refractivity contribution in [2.45, 2.75) is 36.9 Å². The third kappa shape index (κ3) is 3.06. The lowest BCUT2D eigenvalue weighted by molar-refractivity contribution is -0.132. The maximum Gasteiger partial charge on any atom is 0.332 e. The van der Waals surface area contributed by atoms with Gasteiger partial charge in [0.15, 0.2) is 5.76 Å². The molecule has 7 nitrogen and oxygen atoms in total. The number of sulfonamides is 1. The number of aliphatic hydroxyl groups excluding tert-OH is 1. The lowest BCUT2D eigenvalue weighted by Crippen LogP contribution is -2.40. The van der Waals surface area contributed by atoms with Crippen LogP contribution in [0.4, 0.5) is 0 Å². The Morgan fingerprint density at radius 1 is 1.26 bits per heavy atom. The fraction of sp³-hybridized carbons (Fsp3) is 0.636. The molecule has 0 heterocycles. The summed E-state index contributed by atoms with van der Waals surface area (Å²) >= 11 is 0. The van der Waals surface area contributed by atoms with Crippen LogP contribution in [0.15, 0.2) is 11.8 Å². The summed E-state index contributed by atoms with van der Waals surface area (Å²) in [7, 11) is -3.88. The summed E-state index contributed by atoms with van der Waals surface area (Å²) in [4.78, 5) is 21.7. The van der Waals surface area contributed by atoms with Gasteiger partial charge in [0.05, 0.1) is 10.8 Å². The number of carboxylic acids is 1. The average molecular weight is 289 g/mol. The lowest BCUT2D eigenvalue weighted by Gasteiger charge is -2.16. The van der Waals surface area contributed by atoms with Gasteiger partial charge < -0.3 is 10.2 Å². The molecule has 2 saturated carbocycles. The molecule has 0 saturated heterocycles. The predicted molar refractivity (Wildman–Crippen MR) is 64.7 cm³/mol.